The van der Waals surface area contributed by atoms with E-state index in [-0.39, 0.29) is 16.6 Å². The van der Waals surface area contributed by atoms with Crippen LogP contribution in [-0.2, 0) is 5.75 Å². The fourth-order valence-electron chi connectivity index (χ4n) is 1.76. The Labute approximate surface area is 131 Å². The molecule has 0 spiro atoms. The Balaban J connectivity index is 1.99. The van der Waals surface area contributed by atoms with Crippen molar-refractivity contribution in [2.75, 3.05) is 0 Å². The van der Waals surface area contributed by atoms with Gasteiger partial charge in [0.1, 0.15) is 0 Å². The monoisotopic (exact) mass is 326 g/mol. The fraction of sp³-hybridized carbons (Fsp3) is 0.188. The molecule has 2 aromatic carbocycles. The standard InChI is InChI=1S/C16H13ClF2OS/c1-10(21-9-11-2-5-13(17)6-3-11)16(20)12-4-7-14(18)15(19)8-12/h2-8,10H,9H2,1H3. The van der Waals surface area contributed by atoms with Crippen LogP contribution in [0.15, 0.2) is 42.5 Å². The van der Waals surface area contributed by atoms with Gasteiger partial charge in [-0.2, -0.15) is 0 Å². The Morgan fingerprint density at radius 1 is 1.14 bits per heavy atom. The van der Waals surface area contributed by atoms with Crippen molar-refractivity contribution < 1.29 is 13.6 Å². The molecule has 0 heterocycles. The molecule has 1 unspecified atom stereocenters. The van der Waals surface area contributed by atoms with Gasteiger partial charge in [-0.1, -0.05) is 23.7 Å². The second-order valence-electron chi connectivity index (χ2n) is 4.57. The molecule has 0 aromatic heterocycles. The number of halogens is 3. The summed E-state index contributed by atoms with van der Waals surface area (Å²) in [5.74, 6) is -1.52. The van der Waals surface area contributed by atoms with E-state index in [2.05, 4.69) is 0 Å². The van der Waals surface area contributed by atoms with Crippen LogP contribution in [0.1, 0.15) is 22.8 Å². The topological polar surface area (TPSA) is 17.1 Å². The van der Waals surface area contributed by atoms with Crippen molar-refractivity contribution in [1.82, 2.24) is 0 Å². The lowest BCUT2D eigenvalue weighted by molar-refractivity contribution is 0.0993. The Bertz CT molecular complexity index is 643. The van der Waals surface area contributed by atoms with E-state index >= 15 is 0 Å². The molecule has 0 saturated carbocycles. The molecule has 0 amide bonds. The van der Waals surface area contributed by atoms with Crippen molar-refractivity contribution >= 4 is 29.1 Å². The second kappa shape index (κ2) is 7.05. The maximum Gasteiger partial charge on any atom is 0.175 e. The Morgan fingerprint density at radius 2 is 1.81 bits per heavy atom. The summed E-state index contributed by atoms with van der Waals surface area (Å²) >= 11 is 7.24. The summed E-state index contributed by atoms with van der Waals surface area (Å²) < 4.78 is 26.0. The third-order valence-corrected chi connectivity index (χ3v) is 4.45. The van der Waals surface area contributed by atoms with Crippen molar-refractivity contribution in [3.05, 3.63) is 70.2 Å². The summed E-state index contributed by atoms with van der Waals surface area (Å²) in [6.45, 7) is 1.75. The van der Waals surface area contributed by atoms with Crippen molar-refractivity contribution in [2.24, 2.45) is 0 Å². The minimum Gasteiger partial charge on any atom is -0.293 e. The van der Waals surface area contributed by atoms with E-state index in [1.165, 1.54) is 17.8 Å². The molecule has 2 aromatic rings. The minimum absolute atomic E-state index is 0.185. The highest BCUT2D eigenvalue weighted by Gasteiger charge is 2.17. The van der Waals surface area contributed by atoms with Gasteiger partial charge in [-0.25, -0.2) is 8.78 Å². The van der Waals surface area contributed by atoms with E-state index in [9.17, 15) is 13.6 Å². The molecule has 110 valence electrons. The summed E-state index contributed by atoms with van der Waals surface area (Å²) in [4.78, 5) is 12.2. The Kier molecular flexibility index (Phi) is 5.37. The SMILES string of the molecule is CC(SCc1ccc(Cl)cc1)C(=O)c1ccc(F)c(F)c1. The van der Waals surface area contributed by atoms with Gasteiger partial charge in [0.25, 0.3) is 0 Å². The molecule has 2 rings (SSSR count). The van der Waals surface area contributed by atoms with E-state index in [0.717, 1.165) is 17.7 Å². The van der Waals surface area contributed by atoms with Gasteiger partial charge in [0.15, 0.2) is 17.4 Å². The lowest BCUT2D eigenvalue weighted by Crippen LogP contribution is -2.14. The summed E-state index contributed by atoms with van der Waals surface area (Å²) in [6, 6.07) is 10.6. The third-order valence-electron chi connectivity index (χ3n) is 2.99. The fourth-order valence-corrected chi connectivity index (χ4v) is 2.81. The van der Waals surface area contributed by atoms with E-state index in [0.29, 0.717) is 10.8 Å². The van der Waals surface area contributed by atoms with Gasteiger partial charge in [0.05, 0.1) is 5.25 Å². The summed E-state index contributed by atoms with van der Waals surface area (Å²) in [7, 11) is 0. The summed E-state index contributed by atoms with van der Waals surface area (Å²) in [6.07, 6.45) is 0. The van der Waals surface area contributed by atoms with Crippen LogP contribution in [0.25, 0.3) is 0 Å². The van der Waals surface area contributed by atoms with E-state index in [4.69, 9.17) is 11.6 Å². The number of carbonyl (C=O) groups excluding carboxylic acids is 1. The number of hydrogen-bond acceptors (Lipinski definition) is 2. The zero-order chi connectivity index (χ0) is 15.4. The largest absolute Gasteiger partial charge is 0.293 e. The van der Waals surface area contributed by atoms with Crippen LogP contribution in [0, 0.1) is 11.6 Å². The summed E-state index contributed by atoms with van der Waals surface area (Å²) in [5.41, 5.74) is 1.24. The van der Waals surface area contributed by atoms with E-state index < -0.39 is 11.6 Å². The molecular formula is C16H13ClF2OS. The van der Waals surface area contributed by atoms with Gasteiger partial charge in [-0.05, 0) is 42.8 Å². The molecule has 0 saturated heterocycles. The van der Waals surface area contributed by atoms with Crippen LogP contribution >= 0.6 is 23.4 Å². The molecule has 0 aliphatic rings. The van der Waals surface area contributed by atoms with Crippen LogP contribution in [0.2, 0.25) is 5.02 Å². The minimum atomic E-state index is -1.00. The molecule has 0 bridgehead atoms. The zero-order valence-electron chi connectivity index (χ0n) is 11.3. The molecule has 0 N–H and O–H groups in total. The molecule has 21 heavy (non-hydrogen) atoms. The molecule has 0 fully saturated rings. The highest BCUT2D eigenvalue weighted by molar-refractivity contribution is 7.99. The number of carbonyl (C=O) groups is 1. The zero-order valence-corrected chi connectivity index (χ0v) is 12.8. The first-order valence-electron chi connectivity index (χ1n) is 6.32. The maximum absolute atomic E-state index is 13.1. The first-order chi connectivity index (χ1) is 9.97. The van der Waals surface area contributed by atoms with Crippen molar-refractivity contribution in [2.45, 2.75) is 17.9 Å². The van der Waals surface area contributed by atoms with Crippen LogP contribution in [-0.4, -0.2) is 11.0 Å². The highest BCUT2D eigenvalue weighted by Crippen LogP contribution is 2.22. The van der Waals surface area contributed by atoms with E-state index in [1.54, 1.807) is 19.1 Å². The lowest BCUT2D eigenvalue weighted by atomic mass is 10.1. The smallest absolute Gasteiger partial charge is 0.175 e. The average Bonchev–Trinajstić information content (AvgIpc) is 2.48. The molecule has 0 aliphatic carbocycles. The molecule has 0 aliphatic heterocycles. The Morgan fingerprint density at radius 3 is 2.43 bits per heavy atom. The van der Waals surface area contributed by atoms with Gasteiger partial charge in [0, 0.05) is 16.3 Å². The molecule has 1 atom stereocenters. The average molecular weight is 327 g/mol. The number of hydrogen-bond donors (Lipinski definition) is 0. The molecule has 1 nitrogen and oxygen atoms in total. The van der Waals surface area contributed by atoms with Gasteiger partial charge in [-0.3, -0.25) is 4.79 Å². The third kappa shape index (κ3) is 4.29. The van der Waals surface area contributed by atoms with Crippen LogP contribution in [0.4, 0.5) is 8.78 Å². The van der Waals surface area contributed by atoms with Gasteiger partial charge < -0.3 is 0 Å². The molecular weight excluding hydrogens is 314 g/mol. The number of ketones is 1. The highest BCUT2D eigenvalue weighted by atomic mass is 35.5. The van der Waals surface area contributed by atoms with Crippen LogP contribution < -0.4 is 0 Å². The number of benzene rings is 2. The van der Waals surface area contributed by atoms with Gasteiger partial charge in [0.2, 0.25) is 0 Å². The normalized spacial score (nSPS) is 12.2. The van der Waals surface area contributed by atoms with Gasteiger partial charge in [-0.15, -0.1) is 11.8 Å². The first-order valence-corrected chi connectivity index (χ1v) is 7.75. The second-order valence-corrected chi connectivity index (χ2v) is 6.34. The maximum atomic E-state index is 13.1. The van der Waals surface area contributed by atoms with Gasteiger partial charge >= 0.3 is 0 Å². The molecule has 5 heteroatoms. The number of rotatable bonds is 5. The van der Waals surface area contributed by atoms with Crippen molar-refractivity contribution in [3.63, 3.8) is 0 Å². The number of Topliss-reactive ketones (excluding diaryl/α,β-unsaturated/α-hetero) is 1. The van der Waals surface area contributed by atoms with Crippen molar-refractivity contribution in [1.29, 1.82) is 0 Å². The van der Waals surface area contributed by atoms with E-state index in [1.807, 2.05) is 12.1 Å². The van der Waals surface area contributed by atoms with Crippen molar-refractivity contribution in [3.8, 4) is 0 Å². The molecule has 0 radical (unpaired) electrons. The number of thioether (sulfide) groups is 1. The quantitative estimate of drug-likeness (QED) is 0.709. The lowest BCUT2D eigenvalue weighted by Gasteiger charge is -2.10. The predicted molar refractivity (Wildman–Crippen MR) is 82.9 cm³/mol. The predicted octanol–water partition coefficient (Wildman–Crippen LogP) is 5.12. The first kappa shape index (κ1) is 16.0. The van der Waals surface area contributed by atoms with Crippen LogP contribution in [0.3, 0.4) is 0 Å². The summed E-state index contributed by atoms with van der Waals surface area (Å²) in [5, 5.41) is 0.320. The Hall–Kier alpha value is -1.39. The van der Waals surface area contributed by atoms with Crippen LogP contribution in [0.5, 0.6) is 0 Å².